The Labute approximate surface area is 111 Å². The van der Waals surface area contributed by atoms with Crippen LogP contribution in [0.3, 0.4) is 0 Å². The second kappa shape index (κ2) is 5.66. The third-order valence-electron chi connectivity index (χ3n) is 2.71. The van der Waals surface area contributed by atoms with Crippen LogP contribution in [0.4, 0.5) is 4.39 Å². The second-order valence-corrected chi connectivity index (χ2v) is 6.28. The number of aryl methyl sites for hydroxylation is 1. The third kappa shape index (κ3) is 3.10. The zero-order chi connectivity index (χ0) is 14.8. The van der Waals surface area contributed by atoms with E-state index in [0.29, 0.717) is 13.0 Å². The Balaban J connectivity index is 3.40. The number of halogens is 1. The van der Waals surface area contributed by atoms with E-state index in [-0.39, 0.29) is 10.5 Å². The molecule has 7 heteroatoms. The first kappa shape index (κ1) is 15.6. The number of hydrogen-bond donors (Lipinski definition) is 1. The van der Waals surface area contributed by atoms with Gasteiger partial charge < -0.3 is 5.11 Å². The van der Waals surface area contributed by atoms with Crippen LogP contribution in [-0.4, -0.2) is 37.4 Å². The van der Waals surface area contributed by atoms with E-state index in [1.54, 1.807) is 0 Å². The summed E-state index contributed by atoms with van der Waals surface area (Å²) in [5, 5.41) is 8.87. The lowest BCUT2D eigenvalue weighted by Crippen LogP contribution is -2.28. The summed E-state index contributed by atoms with van der Waals surface area (Å²) in [6.07, 6.45) is 0.627. The topological polar surface area (TPSA) is 74.7 Å². The van der Waals surface area contributed by atoms with Crippen LogP contribution in [0.5, 0.6) is 0 Å². The lowest BCUT2D eigenvalue weighted by atomic mass is 10.1. The summed E-state index contributed by atoms with van der Waals surface area (Å²) < 4.78 is 39.0. The van der Waals surface area contributed by atoms with E-state index in [1.807, 2.05) is 6.92 Å². The molecule has 0 aliphatic carbocycles. The van der Waals surface area contributed by atoms with Gasteiger partial charge in [-0.05, 0) is 31.0 Å². The Bertz CT molecular complexity index is 598. The maximum atomic E-state index is 13.6. The fraction of sp³-hybridized carbons (Fsp3) is 0.417. The molecule has 0 saturated heterocycles. The molecule has 0 unspecified atom stereocenters. The van der Waals surface area contributed by atoms with Crippen molar-refractivity contribution in [3.8, 4) is 0 Å². The Morgan fingerprint density at radius 3 is 2.47 bits per heavy atom. The van der Waals surface area contributed by atoms with Gasteiger partial charge in [-0.1, -0.05) is 6.92 Å². The third-order valence-corrected chi connectivity index (χ3v) is 4.54. The van der Waals surface area contributed by atoms with Crippen LogP contribution >= 0.6 is 0 Å². The smallest absolute Gasteiger partial charge is 0.338 e. The first-order chi connectivity index (χ1) is 8.71. The average molecular weight is 289 g/mol. The van der Waals surface area contributed by atoms with Gasteiger partial charge in [0.15, 0.2) is 0 Å². The van der Waals surface area contributed by atoms with E-state index in [2.05, 4.69) is 0 Å². The molecule has 1 rings (SSSR count). The minimum absolute atomic E-state index is 0.0108. The number of nitrogens with zero attached hydrogens (tertiary/aromatic N) is 1. The van der Waals surface area contributed by atoms with Gasteiger partial charge in [-0.2, -0.15) is 0 Å². The van der Waals surface area contributed by atoms with Gasteiger partial charge in [0, 0.05) is 13.6 Å². The number of rotatable bonds is 5. The van der Waals surface area contributed by atoms with Crippen molar-refractivity contribution in [1.82, 2.24) is 4.31 Å². The summed E-state index contributed by atoms with van der Waals surface area (Å²) in [5.41, 5.74) is -0.646. The maximum Gasteiger partial charge on any atom is 0.338 e. The summed E-state index contributed by atoms with van der Waals surface area (Å²) in [5.74, 6) is -2.40. The van der Waals surface area contributed by atoms with Crippen molar-refractivity contribution in [3.05, 3.63) is 29.1 Å². The molecule has 0 atom stereocenters. The van der Waals surface area contributed by atoms with Crippen LogP contribution in [0.25, 0.3) is 0 Å². The van der Waals surface area contributed by atoms with Gasteiger partial charge in [0.05, 0.1) is 10.5 Å². The molecule has 5 nitrogen and oxygen atoms in total. The predicted molar refractivity (Wildman–Crippen MR) is 68.2 cm³/mol. The lowest BCUT2D eigenvalue weighted by molar-refractivity contribution is 0.0691. The highest BCUT2D eigenvalue weighted by Gasteiger charge is 2.24. The van der Waals surface area contributed by atoms with Gasteiger partial charge in [0.2, 0.25) is 10.0 Å². The first-order valence-electron chi connectivity index (χ1n) is 5.71. The summed E-state index contributed by atoms with van der Waals surface area (Å²) >= 11 is 0. The van der Waals surface area contributed by atoms with Gasteiger partial charge in [-0.15, -0.1) is 0 Å². The van der Waals surface area contributed by atoms with E-state index in [4.69, 9.17) is 5.11 Å². The standard InChI is InChI=1S/C12H16FNO4S/c1-4-5-14(3)19(17,18)9-6-8(2)11(13)10(7-9)12(15)16/h6-7H,4-5H2,1-3H3,(H,15,16). The first-order valence-corrected chi connectivity index (χ1v) is 7.15. The van der Waals surface area contributed by atoms with Crippen LogP contribution in [0.1, 0.15) is 29.3 Å². The number of benzene rings is 1. The Morgan fingerprint density at radius 2 is 2.00 bits per heavy atom. The maximum absolute atomic E-state index is 13.6. The Hall–Kier alpha value is -1.47. The van der Waals surface area contributed by atoms with Gasteiger partial charge in [-0.25, -0.2) is 21.9 Å². The van der Waals surface area contributed by atoms with Gasteiger partial charge >= 0.3 is 5.97 Å². The lowest BCUT2D eigenvalue weighted by Gasteiger charge is -2.17. The molecule has 106 valence electrons. The summed E-state index contributed by atoms with van der Waals surface area (Å²) in [6, 6.07) is 2.00. The zero-order valence-electron chi connectivity index (χ0n) is 11.0. The number of aromatic carboxylic acids is 1. The van der Waals surface area contributed by atoms with Crippen molar-refractivity contribution >= 4 is 16.0 Å². The van der Waals surface area contributed by atoms with E-state index in [0.717, 1.165) is 16.4 Å². The minimum Gasteiger partial charge on any atom is -0.478 e. The van der Waals surface area contributed by atoms with Crippen molar-refractivity contribution in [2.75, 3.05) is 13.6 Å². The molecule has 0 radical (unpaired) electrons. The van der Waals surface area contributed by atoms with Crippen LogP contribution in [-0.2, 0) is 10.0 Å². The number of sulfonamides is 1. The second-order valence-electron chi connectivity index (χ2n) is 4.23. The van der Waals surface area contributed by atoms with Crippen LogP contribution in [0.15, 0.2) is 17.0 Å². The molecule has 0 amide bonds. The number of hydrogen-bond acceptors (Lipinski definition) is 3. The molecule has 0 bridgehead atoms. The van der Waals surface area contributed by atoms with Crippen molar-refractivity contribution in [1.29, 1.82) is 0 Å². The molecule has 0 aromatic heterocycles. The number of carboxylic acid groups (broad SMARTS) is 1. The molecule has 0 aliphatic heterocycles. The van der Waals surface area contributed by atoms with Gasteiger partial charge in [0.1, 0.15) is 5.82 Å². The molecule has 1 N–H and O–H groups in total. The van der Waals surface area contributed by atoms with E-state index >= 15 is 0 Å². The highest BCUT2D eigenvalue weighted by molar-refractivity contribution is 7.89. The Morgan fingerprint density at radius 1 is 1.42 bits per heavy atom. The molecule has 0 heterocycles. The predicted octanol–water partition coefficient (Wildman–Crippen LogP) is 1.86. The van der Waals surface area contributed by atoms with Crippen LogP contribution in [0.2, 0.25) is 0 Å². The number of carboxylic acids is 1. The van der Waals surface area contributed by atoms with Crippen molar-refractivity contribution < 1.29 is 22.7 Å². The molecule has 0 saturated carbocycles. The normalized spacial score (nSPS) is 11.8. The molecule has 1 aromatic rings. The quantitative estimate of drug-likeness (QED) is 0.898. The fourth-order valence-corrected chi connectivity index (χ4v) is 3.03. The summed E-state index contributed by atoms with van der Waals surface area (Å²) in [4.78, 5) is 10.7. The zero-order valence-corrected chi connectivity index (χ0v) is 11.8. The summed E-state index contributed by atoms with van der Waals surface area (Å²) in [6.45, 7) is 3.46. The molecule has 0 aliphatic rings. The largest absolute Gasteiger partial charge is 0.478 e. The SMILES string of the molecule is CCCN(C)S(=O)(=O)c1cc(C)c(F)c(C(=O)O)c1. The van der Waals surface area contributed by atoms with Gasteiger partial charge in [-0.3, -0.25) is 0 Å². The van der Waals surface area contributed by atoms with Crippen LogP contribution < -0.4 is 0 Å². The highest BCUT2D eigenvalue weighted by atomic mass is 32.2. The number of carbonyl (C=O) groups is 1. The van der Waals surface area contributed by atoms with Gasteiger partial charge in [0.25, 0.3) is 0 Å². The van der Waals surface area contributed by atoms with E-state index in [9.17, 15) is 17.6 Å². The molecule has 0 fully saturated rings. The molecule has 0 spiro atoms. The minimum atomic E-state index is -3.79. The molecular weight excluding hydrogens is 273 g/mol. The monoisotopic (exact) mass is 289 g/mol. The van der Waals surface area contributed by atoms with Crippen molar-refractivity contribution in [2.24, 2.45) is 0 Å². The van der Waals surface area contributed by atoms with E-state index < -0.39 is 27.4 Å². The van der Waals surface area contributed by atoms with Crippen molar-refractivity contribution in [3.63, 3.8) is 0 Å². The van der Waals surface area contributed by atoms with E-state index in [1.165, 1.54) is 14.0 Å². The Kier molecular flexibility index (Phi) is 4.65. The average Bonchev–Trinajstić information content (AvgIpc) is 2.32. The molecule has 19 heavy (non-hydrogen) atoms. The summed E-state index contributed by atoms with van der Waals surface area (Å²) in [7, 11) is -2.39. The highest BCUT2D eigenvalue weighted by Crippen LogP contribution is 2.21. The fourth-order valence-electron chi connectivity index (χ4n) is 1.66. The molecule has 1 aromatic carbocycles. The molecular formula is C12H16FNO4S. The van der Waals surface area contributed by atoms with Crippen molar-refractivity contribution in [2.45, 2.75) is 25.2 Å². The van der Waals surface area contributed by atoms with Crippen LogP contribution in [0, 0.1) is 12.7 Å².